The SMILES string of the molecule is N[C@@H]1CCC[C@@H]1Oc1ccccc1. The molecule has 2 rings (SSSR count). The first-order chi connectivity index (χ1) is 6.36. The third-order valence-corrected chi connectivity index (χ3v) is 2.53. The van der Waals surface area contributed by atoms with Crippen molar-refractivity contribution in [2.45, 2.75) is 31.4 Å². The fourth-order valence-electron chi connectivity index (χ4n) is 1.77. The van der Waals surface area contributed by atoms with Crippen LogP contribution in [0.2, 0.25) is 0 Å². The summed E-state index contributed by atoms with van der Waals surface area (Å²) in [6.07, 6.45) is 3.61. The van der Waals surface area contributed by atoms with E-state index in [9.17, 15) is 0 Å². The molecule has 0 unspecified atom stereocenters. The standard InChI is InChI=1S/C11H15NO/c12-10-7-4-8-11(10)13-9-5-2-1-3-6-9/h1-3,5-6,10-11H,4,7-8,12H2/t10-,11+/m1/s1. The first-order valence-corrected chi connectivity index (χ1v) is 4.83. The molecule has 0 spiro atoms. The molecule has 70 valence electrons. The zero-order chi connectivity index (χ0) is 9.10. The molecule has 0 aliphatic heterocycles. The molecule has 1 aromatic carbocycles. The highest BCUT2D eigenvalue weighted by Gasteiger charge is 2.25. The first-order valence-electron chi connectivity index (χ1n) is 4.83. The van der Waals surface area contributed by atoms with E-state index in [-0.39, 0.29) is 12.1 Å². The van der Waals surface area contributed by atoms with Crippen LogP contribution in [0, 0.1) is 0 Å². The van der Waals surface area contributed by atoms with E-state index in [1.54, 1.807) is 0 Å². The van der Waals surface area contributed by atoms with Crippen LogP contribution in [0.15, 0.2) is 30.3 Å². The predicted molar refractivity (Wildman–Crippen MR) is 52.7 cm³/mol. The van der Waals surface area contributed by atoms with Crippen molar-refractivity contribution in [2.24, 2.45) is 5.73 Å². The van der Waals surface area contributed by atoms with E-state index in [1.807, 2.05) is 30.3 Å². The van der Waals surface area contributed by atoms with E-state index in [4.69, 9.17) is 10.5 Å². The highest BCUT2D eigenvalue weighted by Crippen LogP contribution is 2.22. The molecule has 1 aromatic rings. The van der Waals surface area contributed by atoms with Gasteiger partial charge in [0.15, 0.2) is 0 Å². The third-order valence-electron chi connectivity index (χ3n) is 2.53. The van der Waals surface area contributed by atoms with Gasteiger partial charge in [0, 0.05) is 6.04 Å². The molecule has 0 saturated heterocycles. The summed E-state index contributed by atoms with van der Waals surface area (Å²) in [6.45, 7) is 0. The zero-order valence-electron chi connectivity index (χ0n) is 7.65. The van der Waals surface area contributed by atoms with Gasteiger partial charge in [0.1, 0.15) is 11.9 Å². The maximum absolute atomic E-state index is 5.90. The van der Waals surface area contributed by atoms with Gasteiger partial charge < -0.3 is 10.5 Å². The summed E-state index contributed by atoms with van der Waals surface area (Å²) < 4.78 is 5.76. The van der Waals surface area contributed by atoms with Gasteiger partial charge in [0.05, 0.1) is 0 Å². The van der Waals surface area contributed by atoms with E-state index < -0.39 is 0 Å². The van der Waals surface area contributed by atoms with Gasteiger partial charge in [-0.1, -0.05) is 18.2 Å². The third kappa shape index (κ3) is 2.01. The average Bonchev–Trinajstić information content (AvgIpc) is 2.54. The van der Waals surface area contributed by atoms with Gasteiger partial charge in [-0.3, -0.25) is 0 Å². The maximum Gasteiger partial charge on any atom is 0.119 e. The Morgan fingerprint density at radius 2 is 1.92 bits per heavy atom. The molecule has 0 radical (unpaired) electrons. The molecule has 2 nitrogen and oxygen atoms in total. The molecule has 1 saturated carbocycles. The lowest BCUT2D eigenvalue weighted by Gasteiger charge is -2.17. The number of hydrogen-bond acceptors (Lipinski definition) is 2. The largest absolute Gasteiger partial charge is 0.489 e. The Morgan fingerprint density at radius 1 is 1.15 bits per heavy atom. The topological polar surface area (TPSA) is 35.2 Å². The maximum atomic E-state index is 5.90. The molecular weight excluding hydrogens is 162 g/mol. The highest BCUT2D eigenvalue weighted by molar-refractivity contribution is 5.21. The number of para-hydroxylation sites is 1. The van der Waals surface area contributed by atoms with Crippen LogP contribution in [-0.2, 0) is 0 Å². The Labute approximate surface area is 78.7 Å². The molecule has 0 aromatic heterocycles. The Balaban J connectivity index is 1.98. The van der Waals surface area contributed by atoms with E-state index in [2.05, 4.69) is 0 Å². The number of ether oxygens (including phenoxy) is 1. The molecule has 2 heteroatoms. The zero-order valence-corrected chi connectivity index (χ0v) is 7.65. The van der Waals surface area contributed by atoms with Crippen LogP contribution >= 0.6 is 0 Å². The predicted octanol–water partition coefficient (Wildman–Crippen LogP) is 1.95. The summed E-state index contributed by atoms with van der Waals surface area (Å²) in [5.74, 6) is 0.935. The normalized spacial score (nSPS) is 27.5. The van der Waals surface area contributed by atoms with Gasteiger partial charge in [-0.05, 0) is 31.4 Å². The van der Waals surface area contributed by atoms with Gasteiger partial charge in [0.2, 0.25) is 0 Å². The van der Waals surface area contributed by atoms with Crippen LogP contribution in [0.4, 0.5) is 0 Å². The summed E-state index contributed by atoms with van der Waals surface area (Å²) in [7, 11) is 0. The molecule has 0 bridgehead atoms. The fraction of sp³-hybridized carbons (Fsp3) is 0.455. The van der Waals surface area contributed by atoms with Crippen molar-refractivity contribution in [2.75, 3.05) is 0 Å². The van der Waals surface area contributed by atoms with Crippen LogP contribution in [-0.4, -0.2) is 12.1 Å². The Hall–Kier alpha value is -1.02. The van der Waals surface area contributed by atoms with E-state index in [0.29, 0.717) is 0 Å². The number of nitrogens with two attached hydrogens (primary N) is 1. The summed E-state index contributed by atoms with van der Waals surface area (Å²) in [4.78, 5) is 0. The molecule has 2 atom stereocenters. The second-order valence-electron chi connectivity index (χ2n) is 3.56. The summed E-state index contributed by atoms with van der Waals surface area (Å²) in [5.41, 5.74) is 5.90. The lowest BCUT2D eigenvalue weighted by atomic mass is 10.2. The van der Waals surface area contributed by atoms with Crippen molar-refractivity contribution in [1.82, 2.24) is 0 Å². The van der Waals surface area contributed by atoms with Crippen molar-refractivity contribution in [3.8, 4) is 5.75 Å². The Bertz CT molecular complexity index is 260. The average molecular weight is 177 g/mol. The van der Waals surface area contributed by atoms with Gasteiger partial charge in [-0.25, -0.2) is 0 Å². The van der Waals surface area contributed by atoms with Crippen molar-refractivity contribution in [3.05, 3.63) is 30.3 Å². The molecule has 0 heterocycles. The van der Waals surface area contributed by atoms with Gasteiger partial charge >= 0.3 is 0 Å². The number of hydrogen-bond donors (Lipinski definition) is 1. The van der Waals surface area contributed by atoms with E-state index in [0.717, 1.165) is 18.6 Å². The smallest absolute Gasteiger partial charge is 0.119 e. The van der Waals surface area contributed by atoms with Gasteiger partial charge in [0.25, 0.3) is 0 Å². The molecule has 13 heavy (non-hydrogen) atoms. The monoisotopic (exact) mass is 177 g/mol. The van der Waals surface area contributed by atoms with Crippen LogP contribution in [0.1, 0.15) is 19.3 Å². The molecule has 1 aliphatic carbocycles. The minimum atomic E-state index is 0.222. The fourth-order valence-corrected chi connectivity index (χ4v) is 1.77. The molecule has 0 amide bonds. The molecular formula is C11H15NO. The van der Waals surface area contributed by atoms with Crippen LogP contribution < -0.4 is 10.5 Å². The van der Waals surface area contributed by atoms with Crippen LogP contribution in [0.5, 0.6) is 5.75 Å². The highest BCUT2D eigenvalue weighted by atomic mass is 16.5. The minimum Gasteiger partial charge on any atom is -0.489 e. The van der Waals surface area contributed by atoms with Gasteiger partial charge in [-0.2, -0.15) is 0 Å². The molecule has 2 N–H and O–H groups in total. The van der Waals surface area contributed by atoms with Crippen molar-refractivity contribution in [3.63, 3.8) is 0 Å². The summed E-state index contributed by atoms with van der Waals surface area (Å²) in [5, 5.41) is 0. The van der Waals surface area contributed by atoms with Crippen molar-refractivity contribution < 1.29 is 4.74 Å². The first kappa shape index (κ1) is 8.57. The minimum absolute atomic E-state index is 0.222. The van der Waals surface area contributed by atoms with Crippen molar-refractivity contribution >= 4 is 0 Å². The Kier molecular flexibility index (Phi) is 2.50. The summed E-state index contributed by atoms with van der Waals surface area (Å²) in [6, 6.07) is 10.1. The Morgan fingerprint density at radius 3 is 2.54 bits per heavy atom. The van der Waals surface area contributed by atoms with Gasteiger partial charge in [-0.15, -0.1) is 0 Å². The van der Waals surface area contributed by atoms with Crippen molar-refractivity contribution in [1.29, 1.82) is 0 Å². The number of rotatable bonds is 2. The van der Waals surface area contributed by atoms with Crippen LogP contribution in [0.25, 0.3) is 0 Å². The lowest BCUT2D eigenvalue weighted by Crippen LogP contribution is -2.33. The second-order valence-corrected chi connectivity index (χ2v) is 3.56. The lowest BCUT2D eigenvalue weighted by molar-refractivity contribution is 0.191. The summed E-state index contributed by atoms with van der Waals surface area (Å²) >= 11 is 0. The second kappa shape index (κ2) is 3.79. The molecule has 1 fully saturated rings. The van der Waals surface area contributed by atoms with E-state index in [1.165, 1.54) is 6.42 Å². The number of benzene rings is 1. The quantitative estimate of drug-likeness (QED) is 0.749. The van der Waals surface area contributed by atoms with E-state index >= 15 is 0 Å². The van der Waals surface area contributed by atoms with Crippen LogP contribution in [0.3, 0.4) is 0 Å². The molecule has 1 aliphatic rings.